The number of piperidine rings is 1. The number of ether oxygens (including phenoxy) is 1. The third-order valence-electron chi connectivity index (χ3n) is 4.79. The zero-order chi connectivity index (χ0) is 21.7. The molecule has 7 nitrogen and oxygen atoms in total. The minimum Gasteiger partial charge on any atom is -0.449 e. The second kappa shape index (κ2) is 9.36. The Balaban J connectivity index is 1.73. The molecule has 2 aromatic rings. The number of rotatable bonds is 6. The largest absolute Gasteiger partial charge is 0.449 e. The molecule has 0 bridgehead atoms. The van der Waals surface area contributed by atoms with E-state index in [0.717, 1.165) is 24.6 Å². The molecule has 1 aliphatic rings. The lowest BCUT2D eigenvalue weighted by Crippen LogP contribution is -2.36. The summed E-state index contributed by atoms with van der Waals surface area (Å²) in [6.45, 7) is 2.02. The van der Waals surface area contributed by atoms with Crippen molar-refractivity contribution in [1.82, 2.24) is 4.31 Å². The fraction of sp³-hybridized carbons (Fsp3) is 0.333. The van der Waals surface area contributed by atoms with Gasteiger partial charge in [0.2, 0.25) is 10.0 Å². The van der Waals surface area contributed by atoms with E-state index in [0.29, 0.717) is 31.6 Å². The van der Waals surface area contributed by atoms with Crippen molar-refractivity contribution in [2.45, 2.75) is 37.2 Å². The van der Waals surface area contributed by atoms with Gasteiger partial charge in [0.1, 0.15) is 10.7 Å². The molecular formula is C21H23FN2O5S. The van der Waals surface area contributed by atoms with E-state index in [1.807, 2.05) is 0 Å². The highest BCUT2D eigenvalue weighted by Gasteiger charge is 2.30. The molecular weight excluding hydrogens is 411 g/mol. The Bertz CT molecular complexity index is 1020. The monoisotopic (exact) mass is 434 g/mol. The van der Waals surface area contributed by atoms with Gasteiger partial charge in [-0.05, 0) is 50.1 Å². The average molecular weight is 434 g/mol. The molecule has 1 heterocycles. The van der Waals surface area contributed by atoms with Crippen LogP contribution in [0.4, 0.5) is 10.1 Å². The van der Waals surface area contributed by atoms with Crippen LogP contribution in [0.25, 0.3) is 0 Å². The number of hydrogen-bond donors (Lipinski definition) is 1. The van der Waals surface area contributed by atoms with Gasteiger partial charge in [-0.1, -0.05) is 24.6 Å². The zero-order valence-electron chi connectivity index (χ0n) is 16.5. The van der Waals surface area contributed by atoms with E-state index in [1.165, 1.54) is 11.2 Å². The van der Waals surface area contributed by atoms with Crippen LogP contribution >= 0.6 is 0 Å². The highest BCUT2D eigenvalue weighted by molar-refractivity contribution is 7.89. The number of esters is 1. The van der Waals surface area contributed by atoms with Crippen molar-refractivity contribution < 1.29 is 27.1 Å². The normalized spacial score (nSPS) is 15.9. The molecule has 0 saturated carbocycles. The lowest BCUT2D eigenvalue weighted by molar-refractivity contribution is -0.123. The Kier molecular flexibility index (Phi) is 6.84. The Labute approximate surface area is 174 Å². The number of nitrogens with one attached hydrogen (secondary N) is 1. The molecule has 1 N–H and O–H groups in total. The highest BCUT2D eigenvalue weighted by Crippen LogP contribution is 2.24. The molecule has 1 saturated heterocycles. The summed E-state index contributed by atoms with van der Waals surface area (Å²) >= 11 is 0. The molecule has 0 aromatic heterocycles. The zero-order valence-corrected chi connectivity index (χ0v) is 17.3. The summed E-state index contributed by atoms with van der Waals surface area (Å²) in [7, 11) is -4.06. The molecule has 0 spiro atoms. The first-order valence-corrected chi connectivity index (χ1v) is 11.1. The maximum absolute atomic E-state index is 14.3. The van der Waals surface area contributed by atoms with Crippen LogP contribution in [-0.2, 0) is 19.6 Å². The lowest BCUT2D eigenvalue weighted by atomic mass is 10.2. The van der Waals surface area contributed by atoms with E-state index in [-0.39, 0.29) is 5.56 Å². The number of para-hydroxylation sites is 1. The van der Waals surface area contributed by atoms with Gasteiger partial charge in [-0.2, -0.15) is 4.31 Å². The standard InChI is InChI=1S/C21H23FN2O5S/c1-15(20(25)23-17-8-4-2-5-9-17)29-21(26)16-10-11-18(22)19(14-16)30(27,28)24-12-6-3-7-13-24/h2,4-5,8-11,14-15H,3,6-7,12-13H2,1H3,(H,23,25)/t15-/m0/s1. The SMILES string of the molecule is C[C@H](OC(=O)c1ccc(F)c(S(=O)(=O)N2CCCCC2)c1)C(=O)Nc1ccccc1. The summed E-state index contributed by atoms with van der Waals surface area (Å²) in [5.41, 5.74) is 0.397. The van der Waals surface area contributed by atoms with Crippen LogP contribution in [-0.4, -0.2) is 43.8 Å². The maximum Gasteiger partial charge on any atom is 0.338 e. The van der Waals surface area contributed by atoms with Gasteiger partial charge in [-0.3, -0.25) is 4.79 Å². The first-order valence-electron chi connectivity index (χ1n) is 9.65. The van der Waals surface area contributed by atoms with Gasteiger partial charge in [0.15, 0.2) is 6.10 Å². The fourth-order valence-corrected chi connectivity index (χ4v) is 4.73. The fourth-order valence-electron chi connectivity index (χ4n) is 3.12. The lowest BCUT2D eigenvalue weighted by Gasteiger charge is -2.26. The molecule has 9 heteroatoms. The van der Waals surface area contributed by atoms with Crippen LogP contribution in [0.2, 0.25) is 0 Å². The van der Waals surface area contributed by atoms with E-state index < -0.39 is 38.7 Å². The summed E-state index contributed by atoms with van der Waals surface area (Å²) in [6.07, 6.45) is 1.20. The van der Waals surface area contributed by atoms with Gasteiger partial charge in [-0.15, -0.1) is 0 Å². The van der Waals surface area contributed by atoms with Crippen molar-refractivity contribution in [2.24, 2.45) is 0 Å². The van der Waals surface area contributed by atoms with Crippen LogP contribution < -0.4 is 5.32 Å². The van der Waals surface area contributed by atoms with Gasteiger partial charge in [0.05, 0.1) is 5.56 Å². The summed E-state index contributed by atoms with van der Waals surface area (Å²) < 4.78 is 46.2. The summed E-state index contributed by atoms with van der Waals surface area (Å²) in [5.74, 6) is -2.40. The molecule has 3 rings (SSSR count). The summed E-state index contributed by atoms with van der Waals surface area (Å²) in [6, 6.07) is 11.7. The Hall–Kier alpha value is -2.78. The van der Waals surface area contributed by atoms with Crippen molar-refractivity contribution in [3.05, 3.63) is 59.9 Å². The number of anilines is 1. The maximum atomic E-state index is 14.3. The molecule has 0 unspecified atom stereocenters. The van der Waals surface area contributed by atoms with Gasteiger partial charge in [0.25, 0.3) is 5.91 Å². The van der Waals surface area contributed by atoms with Crippen LogP contribution in [0, 0.1) is 5.82 Å². The second-order valence-electron chi connectivity index (χ2n) is 7.01. The van der Waals surface area contributed by atoms with E-state index in [2.05, 4.69) is 5.32 Å². The van der Waals surface area contributed by atoms with Crippen molar-refractivity contribution in [3.8, 4) is 0 Å². The van der Waals surface area contributed by atoms with Gasteiger partial charge >= 0.3 is 5.97 Å². The van der Waals surface area contributed by atoms with Crippen LogP contribution in [0.5, 0.6) is 0 Å². The Morgan fingerprint density at radius 2 is 1.73 bits per heavy atom. The molecule has 1 amide bonds. The topological polar surface area (TPSA) is 92.8 Å². The molecule has 2 aromatic carbocycles. The number of sulfonamides is 1. The first kappa shape index (κ1) is 21.9. The van der Waals surface area contributed by atoms with Crippen LogP contribution in [0.1, 0.15) is 36.5 Å². The molecule has 1 fully saturated rings. The smallest absolute Gasteiger partial charge is 0.338 e. The molecule has 160 valence electrons. The van der Waals surface area contributed by atoms with Crippen molar-refractivity contribution >= 4 is 27.6 Å². The van der Waals surface area contributed by atoms with Gasteiger partial charge < -0.3 is 10.1 Å². The average Bonchev–Trinajstić information content (AvgIpc) is 2.75. The number of amides is 1. The molecule has 0 aliphatic carbocycles. The minimum absolute atomic E-state index is 0.147. The number of carbonyl (C=O) groups is 2. The number of nitrogens with zero attached hydrogens (tertiary/aromatic N) is 1. The molecule has 30 heavy (non-hydrogen) atoms. The summed E-state index contributed by atoms with van der Waals surface area (Å²) in [4.78, 5) is 24.1. The molecule has 1 atom stereocenters. The first-order chi connectivity index (χ1) is 14.3. The number of halogens is 1. The highest BCUT2D eigenvalue weighted by atomic mass is 32.2. The van der Waals surface area contributed by atoms with E-state index in [4.69, 9.17) is 4.74 Å². The third kappa shape index (κ3) is 5.03. The van der Waals surface area contributed by atoms with Crippen molar-refractivity contribution in [2.75, 3.05) is 18.4 Å². The van der Waals surface area contributed by atoms with Crippen molar-refractivity contribution in [1.29, 1.82) is 0 Å². The minimum atomic E-state index is -4.06. The van der Waals surface area contributed by atoms with E-state index in [1.54, 1.807) is 30.3 Å². The number of carbonyl (C=O) groups excluding carboxylic acids is 2. The second-order valence-corrected chi connectivity index (χ2v) is 8.92. The molecule has 0 radical (unpaired) electrons. The predicted molar refractivity (Wildman–Crippen MR) is 109 cm³/mol. The Morgan fingerprint density at radius 3 is 2.40 bits per heavy atom. The molecule has 1 aliphatic heterocycles. The van der Waals surface area contributed by atoms with Crippen LogP contribution in [0.15, 0.2) is 53.4 Å². The number of hydrogen-bond acceptors (Lipinski definition) is 5. The third-order valence-corrected chi connectivity index (χ3v) is 6.71. The van der Waals surface area contributed by atoms with Crippen LogP contribution in [0.3, 0.4) is 0 Å². The van der Waals surface area contributed by atoms with Crippen molar-refractivity contribution in [3.63, 3.8) is 0 Å². The van der Waals surface area contributed by atoms with Gasteiger partial charge in [-0.25, -0.2) is 17.6 Å². The van der Waals surface area contributed by atoms with Gasteiger partial charge in [0, 0.05) is 18.8 Å². The predicted octanol–water partition coefficient (Wildman–Crippen LogP) is 3.18. The quantitative estimate of drug-likeness (QED) is 0.705. The summed E-state index contributed by atoms with van der Waals surface area (Å²) in [5, 5.41) is 2.61. The number of benzene rings is 2. The van der Waals surface area contributed by atoms with E-state index in [9.17, 15) is 22.4 Å². The Morgan fingerprint density at radius 1 is 1.07 bits per heavy atom. The van der Waals surface area contributed by atoms with E-state index >= 15 is 0 Å².